The number of nitrogens with zero attached hydrogens (tertiary/aromatic N) is 4. The summed E-state index contributed by atoms with van der Waals surface area (Å²) in [5, 5.41) is 7.24. The van der Waals surface area contributed by atoms with Gasteiger partial charge in [0, 0.05) is 31.2 Å². The SMILES string of the molecule is COc1ncccc1C(=O)NCCCc1cnc2cc(C)nn2c1. The summed E-state index contributed by atoms with van der Waals surface area (Å²) in [6, 6.07) is 5.34. The fourth-order valence-corrected chi connectivity index (χ4v) is 2.48. The van der Waals surface area contributed by atoms with Crippen LogP contribution in [-0.4, -0.2) is 39.1 Å². The van der Waals surface area contributed by atoms with Crippen molar-refractivity contribution in [1.29, 1.82) is 0 Å². The minimum absolute atomic E-state index is 0.184. The number of methoxy groups -OCH3 is 1. The van der Waals surface area contributed by atoms with Gasteiger partial charge in [0.05, 0.1) is 12.8 Å². The molecule has 0 bridgehead atoms. The summed E-state index contributed by atoms with van der Waals surface area (Å²) in [7, 11) is 1.50. The van der Waals surface area contributed by atoms with E-state index in [1.807, 2.05) is 25.4 Å². The molecule has 0 radical (unpaired) electrons. The predicted octanol–water partition coefficient (Wildman–Crippen LogP) is 1.80. The molecular formula is C17H19N5O2. The van der Waals surface area contributed by atoms with Gasteiger partial charge in [0.25, 0.3) is 5.91 Å². The number of carbonyl (C=O) groups excluding carboxylic acids is 1. The van der Waals surface area contributed by atoms with E-state index in [9.17, 15) is 4.79 Å². The molecule has 0 aliphatic rings. The van der Waals surface area contributed by atoms with Crippen molar-refractivity contribution in [3.05, 3.63) is 53.6 Å². The van der Waals surface area contributed by atoms with Gasteiger partial charge in [0.15, 0.2) is 5.65 Å². The number of aromatic nitrogens is 4. The highest BCUT2D eigenvalue weighted by Gasteiger charge is 2.11. The number of amides is 1. The van der Waals surface area contributed by atoms with E-state index in [0.717, 1.165) is 29.7 Å². The molecule has 0 aliphatic heterocycles. The molecule has 3 rings (SSSR count). The molecule has 7 heteroatoms. The van der Waals surface area contributed by atoms with Gasteiger partial charge in [-0.1, -0.05) is 0 Å². The first kappa shape index (κ1) is 15.9. The standard InChI is InChI=1S/C17H19N5O2/c1-12-9-15-20-10-13(11-22(15)21-12)5-3-7-18-16(23)14-6-4-8-19-17(14)24-2/h4,6,8-11H,3,5,7H2,1-2H3,(H,18,23). The van der Waals surface area contributed by atoms with Gasteiger partial charge in [-0.2, -0.15) is 5.10 Å². The monoisotopic (exact) mass is 325 g/mol. The highest BCUT2D eigenvalue weighted by atomic mass is 16.5. The number of fused-ring (bicyclic) bond motifs is 1. The minimum atomic E-state index is -0.184. The lowest BCUT2D eigenvalue weighted by molar-refractivity contribution is 0.0949. The fraction of sp³-hybridized carbons (Fsp3) is 0.294. The van der Waals surface area contributed by atoms with Crippen LogP contribution in [0.3, 0.4) is 0 Å². The van der Waals surface area contributed by atoms with Crippen LogP contribution in [-0.2, 0) is 6.42 Å². The second-order valence-electron chi connectivity index (χ2n) is 5.47. The average molecular weight is 325 g/mol. The average Bonchev–Trinajstić information content (AvgIpc) is 2.97. The summed E-state index contributed by atoms with van der Waals surface area (Å²) in [5.41, 5.74) is 3.31. The van der Waals surface area contributed by atoms with Gasteiger partial charge in [-0.25, -0.2) is 14.5 Å². The van der Waals surface area contributed by atoms with E-state index in [4.69, 9.17) is 4.74 Å². The van der Waals surface area contributed by atoms with E-state index >= 15 is 0 Å². The van der Waals surface area contributed by atoms with Crippen molar-refractivity contribution in [3.8, 4) is 5.88 Å². The lowest BCUT2D eigenvalue weighted by Crippen LogP contribution is -2.25. The van der Waals surface area contributed by atoms with Gasteiger partial charge in [-0.15, -0.1) is 0 Å². The summed E-state index contributed by atoms with van der Waals surface area (Å²) in [6.45, 7) is 2.50. The number of carbonyl (C=O) groups is 1. The number of pyridine rings is 1. The lowest BCUT2D eigenvalue weighted by Gasteiger charge is -2.08. The van der Waals surface area contributed by atoms with Crippen LogP contribution < -0.4 is 10.1 Å². The number of rotatable bonds is 6. The zero-order valence-corrected chi connectivity index (χ0v) is 13.7. The van der Waals surface area contributed by atoms with Crippen LogP contribution in [0.4, 0.5) is 0 Å². The largest absolute Gasteiger partial charge is 0.480 e. The molecule has 0 saturated carbocycles. The Morgan fingerprint density at radius 1 is 1.38 bits per heavy atom. The van der Waals surface area contributed by atoms with Gasteiger partial charge in [0.1, 0.15) is 5.56 Å². The van der Waals surface area contributed by atoms with Crippen molar-refractivity contribution in [2.45, 2.75) is 19.8 Å². The van der Waals surface area contributed by atoms with E-state index in [2.05, 4.69) is 20.4 Å². The second-order valence-corrected chi connectivity index (χ2v) is 5.47. The molecule has 3 heterocycles. The normalized spacial score (nSPS) is 10.8. The van der Waals surface area contributed by atoms with E-state index in [-0.39, 0.29) is 5.91 Å². The number of ether oxygens (including phenoxy) is 1. The third-order valence-electron chi connectivity index (χ3n) is 3.63. The Balaban J connectivity index is 1.53. The van der Waals surface area contributed by atoms with E-state index in [1.165, 1.54) is 7.11 Å². The smallest absolute Gasteiger partial charge is 0.256 e. The molecule has 0 unspecified atom stereocenters. The molecule has 1 N–H and O–H groups in total. The minimum Gasteiger partial charge on any atom is -0.480 e. The zero-order chi connectivity index (χ0) is 16.9. The molecule has 7 nitrogen and oxygen atoms in total. The van der Waals surface area contributed by atoms with Crippen molar-refractivity contribution in [2.24, 2.45) is 0 Å². The molecule has 0 atom stereocenters. The van der Waals surface area contributed by atoms with Crippen LogP contribution in [0.15, 0.2) is 36.8 Å². The maximum atomic E-state index is 12.2. The van der Waals surface area contributed by atoms with E-state index < -0.39 is 0 Å². The van der Waals surface area contributed by atoms with Gasteiger partial charge in [0.2, 0.25) is 5.88 Å². The number of nitrogens with one attached hydrogen (secondary N) is 1. The molecule has 0 aliphatic carbocycles. The van der Waals surface area contributed by atoms with Gasteiger partial charge < -0.3 is 10.1 Å². The van der Waals surface area contributed by atoms with Crippen molar-refractivity contribution < 1.29 is 9.53 Å². The maximum Gasteiger partial charge on any atom is 0.256 e. The summed E-state index contributed by atoms with van der Waals surface area (Å²) in [5.74, 6) is 0.148. The van der Waals surface area contributed by atoms with Crippen molar-refractivity contribution >= 4 is 11.6 Å². The number of aryl methyl sites for hydroxylation is 2. The Hall–Kier alpha value is -2.96. The first-order valence-corrected chi connectivity index (χ1v) is 7.75. The Morgan fingerprint density at radius 2 is 2.25 bits per heavy atom. The molecular weight excluding hydrogens is 306 g/mol. The molecule has 3 aromatic rings. The van der Waals surface area contributed by atoms with Crippen molar-refractivity contribution in [3.63, 3.8) is 0 Å². The molecule has 24 heavy (non-hydrogen) atoms. The number of hydrogen-bond acceptors (Lipinski definition) is 5. The fourth-order valence-electron chi connectivity index (χ4n) is 2.48. The molecule has 0 spiro atoms. The van der Waals surface area contributed by atoms with Crippen LogP contribution in [0.2, 0.25) is 0 Å². The highest BCUT2D eigenvalue weighted by Crippen LogP contribution is 2.13. The molecule has 0 saturated heterocycles. The summed E-state index contributed by atoms with van der Waals surface area (Å²) >= 11 is 0. The molecule has 0 aromatic carbocycles. The maximum absolute atomic E-state index is 12.2. The summed E-state index contributed by atoms with van der Waals surface area (Å²) in [6.07, 6.45) is 7.04. The Kier molecular flexibility index (Phi) is 4.69. The Morgan fingerprint density at radius 3 is 3.08 bits per heavy atom. The van der Waals surface area contributed by atoms with Crippen LogP contribution in [0, 0.1) is 6.92 Å². The van der Waals surface area contributed by atoms with Gasteiger partial charge >= 0.3 is 0 Å². The van der Waals surface area contributed by atoms with Crippen molar-refractivity contribution in [1.82, 2.24) is 24.9 Å². The third-order valence-corrected chi connectivity index (χ3v) is 3.63. The van der Waals surface area contributed by atoms with Crippen LogP contribution in [0.25, 0.3) is 5.65 Å². The quantitative estimate of drug-likeness (QED) is 0.699. The summed E-state index contributed by atoms with van der Waals surface area (Å²) < 4.78 is 6.88. The topological polar surface area (TPSA) is 81.4 Å². The highest BCUT2D eigenvalue weighted by molar-refractivity contribution is 5.96. The molecule has 1 amide bonds. The first-order valence-electron chi connectivity index (χ1n) is 7.75. The third kappa shape index (κ3) is 3.51. The second kappa shape index (κ2) is 7.08. The molecule has 3 aromatic heterocycles. The van der Waals surface area contributed by atoms with E-state index in [0.29, 0.717) is 18.0 Å². The molecule has 0 fully saturated rings. The molecule has 124 valence electrons. The number of hydrogen-bond donors (Lipinski definition) is 1. The first-order chi connectivity index (χ1) is 11.7. The lowest BCUT2D eigenvalue weighted by atomic mass is 10.2. The van der Waals surface area contributed by atoms with Gasteiger partial charge in [-0.05, 0) is 37.5 Å². The summed E-state index contributed by atoms with van der Waals surface area (Å²) in [4.78, 5) is 20.6. The van der Waals surface area contributed by atoms with Crippen LogP contribution in [0.1, 0.15) is 28.0 Å². The zero-order valence-electron chi connectivity index (χ0n) is 13.7. The Bertz CT molecular complexity index is 859. The van der Waals surface area contributed by atoms with E-state index in [1.54, 1.807) is 22.8 Å². The van der Waals surface area contributed by atoms with Crippen molar-refractivity contribution in [2.75, 3.05) is 13.7 Å². The van der Waals surface area contributed by atoms with Gasteiger partial charge in [-0.3, -0.25) is 4.79 Å². The van der Waals surface area contributed by atoms with Crippen LogP contribution >= 0.6 is 0 Å². The predicted molar refractivity (Wildman–Crippen MR) is 89.2 cm³/mol. The Labute approximate surface area is 139 Å². The van der Waals surface area contributed by atoms with Crippen LogP contribution in [0.5, 0.6) is 5.88 Å².